The van der Waals surface area contributed by atoms with E-state index in [1.165, 1.54) is 0 Å². The lowest BCUT2D eigenvalue weighted by Crippen LogP contribution is -2.39. The fourth-order valence-corrected chi connectivity index (χ4v) is 1.29. The van der Waals surface area contributed by atoms with E-state index in [1.807, 2.05) is 6.92 Å². The zero-order chi connectivity index (χ0) is 9.61. The lowest BCUT2D eigenvalue weighted by molar-refractivity contribution is -0.0752. The Hall–Kier alpha value is -0.0800. The molecule has 1 radical (unpaired) electrons. The van der Waals surface area contributed by atoms with E-state index in [4.69, 9.17) is 0 Å². The van der Waals surface area contributed by atoms with Crippen molar-refractivity contribution in [1.82, 2.24) is 0 Å². The van der Waals surface area contributed by atoms with Crippen molar-refractivity contribution < 1.29 is 10.2 Å². The average molecular weight is 173 g/mol. The summed E-state index contributed by atoms with van der Waals surface area (Å²) in [6, 6.07) is 0. The monoisotopic (exact) mass is 173 g/mol. The van der Waals surface area contributed by atoms with E-state index in [1.54, 1.807) is 6.92 Å². The van der Waals surface area contributed by atoms with Gasteiger partial charge in [-0.05, 0) is 19.8 Å². The fraction of sp³-hybridized carbons (Fsp3) is 0.900. The van der Waals surface area contributed by atoms with Crippen LogP contribution in [-0.4, -0.2) is 21.9 Å². The Bertz CT molecular complexity index is 112. The summed E-state index contributed by atoms with van der Waals surface area (Å²) in [5, 5.41) is 19.2. The molecule has 0 aliphatic heterocycles. The van der Waals surface area contributed by atoms with Gasteiger partial charge in [-0.3, -0.25) is 0 Å². The Morgan fingerprint density at radius 3 is 2.33 bits per heavy atom. The number of aliphatic hydroxyl groups excluding tert-OH is 1. The van der Waals surface area contributed by atoms with Crippen LogP contribution in [-0.2, 0) is 0 Å². The van der Waals surface area contributed by atoms with Crippen molar-refractivity contribution in [2.24, 2.45) is 0 Å². The Balaban J connectivity index is 3.80. The molecule has 2 nitrogen and oxygen atoms in total. The molecule has 0 aliphatic rings. The summed E-state index contributed by atoms with van der Waals surface area (Å²) in [6.07, 6.45) is 3.53. The standard InChI is InChI=1S/C10H21O2/c1-4-6-7-8-10(12,5-2)9(3)11/h9,11-12H,1,4-8H2,2-3H3. The number of hydrogen-bond donors (Lipinski definition) is 2. The van der Waals surface area contributed by atoms with Crippen LogP contribution in [0.4, 0.5) is 0 Å². The molecule has 0 heterocycles. The van der Waals surface area contributed by atoms with E-state index in [0.29, 0.717) is 12.8 Å². The average Bonchev–Trinajstić information content (AvgIpc) is 2.04. The highest BCUT2D eigenvalue weighted by molar-refractivity contribution is 4.82. The molecule has 0 rings (SSSR count). The molecule has 2 N–H and O–H groups in total. The van der Waals surface area contributed by atoms with Crippen molar-refractivity contribution in [3.8, 4) is 0 Å². The van der Waals surface area contributed by atoms with Crippen LogP contribution < -0.4 is 0 Å². The van der Waals surface area contributed by atoms with Crippen molar-refractivity contribution in [3.05, 3.63) is 6.92 Å². The zero-order valence-electron chi connectivity index (χ0n) is 8.21. The van der Waals surface area contributed by atoms with Gasteiger partial charge < -0.3 is 10.2 Å². The van der Waals surface area contributed by atoms with Crippen LogP contribution in [0.25, 0.3) is 0 Å². The number of rotatable bonds is 6. The summed E-state index contributed by atoms with van der Waals surface area (Å²) in [4.78, 5) is 0. The second kappa shape index (κ2) is 5.55. The predicted octanol–water partition coefficient (Wildman–Crippen LogP) is 1.90. The molecule has 12 heavy (non-hydrogen) atoms. The molecule has 0 aromatic rings. The van der Waals surface area contributed by atoms with Gasteiger partial charge in [-0.25, -0.2) is 0 Å². The zero-order valence-corrected chi connectivity index (χ0v) is 8.21. The first kappa shape index (κ1) is 11.9. The van der Waals surface area contributed by atoms with Crippen molar-refractivity contribution >= 4 is 0 Å². The molecule has 0 aliphatic carbocycles. The van der Waals surface area contributed by atoms with Crippen molar-refractivity contribution in [1.29, 1.82) is 0 Å². The molecule has 0 fully saturated rings. The molecule has 2 heteroatoms. The van der Waals surface area contributed by atoms with Crippen LogP contribution in [0, 0.1) is 6.92 Å². The quantitative estimate of drug-likeness (QED) is 0.602. The van der Waals surface area contributed by atoms with Gasteiger partial charge in [0.1, 0.15) is 0 Å². The van der Waals surface area contributed by atoms with Gasteiger partial charge in [-0.15, -0.1) is 0 Å². The summed E-state index contributed by atoms with van der Waals surface area (Å²) in [5.74, 6) is 0. The first-order chi connectivity index (χ1) is 5.56. The van der Waals surface area contributed by atoms with Crippen LogP contribution in [0.2, 0.25) is 0 Å². The van der Waals surface area contributed by atoms with Crippen LogP contribution in [0.5, 0.6) is 0 Å². The minimum atomic E-state index is -0.880. The van der Waals surface area contributed by atoms with E-state index in [0.717, 1.165) is 19.3 Å². The Kier molecular flexibility index (Phi) is 5.51. The van der Waals surface area contributed by atoms with Gasteiger partial charge in [0.25, 0.3) is 0 Å². The summed E-state index contributed by atoms with van der Waals surface area (Å²) in [5.41, 5.74) is -0.880. The topological polar surface area (TPSA) is 40.5 Å². The molecular formula is C10H21O2. The fourth-order valence-electron chi connectivity index (χ4n) is 1.29. The summed E-state index contributed by atoms with van der Waals surface area (Å²) < 4.78 is 0. The third-order valence-corrected chi connectivity index (χ3v) is 2.50. The van der Waals surface area contributed by atoms with Crippen LogP contribution >= 0.6 is 0 Å². The third kappa shape index (κ3) is 3.55. The van der Waals surface area contributed by atoms with Gasteiger partial charge in [0.05, 0.1) is 11.7 Å². The van der Waals surface area contributed by atoms with E-state index < -0.39 is 11.7 Å². The number of aliphatic hydroxyl groups is 2. The Labute approximate surface area is 75.6 Å². The molecule has 0 saturated heterocycles. The highest BCUT2D eigenvalue weighted by Crippen LogP contribution is 2.22. The Morgan fingerprint density at radius 2 is 2.00 bits per heavy atom. The molecule has 2 unspecified atom stereocenters. The van der Waals surface area contributed by atoms with Gasteiger partial charge in [0.2, 0.25) is 0 Å². The van der Waals surface area contributed by atoms with Crippen molar-refractivity contribution in [2.45, 2.75) is 57.7 Å². The molecular weight excluding hydrogens is 152 g/mol. The first-order valence-corrected chi connectivity index (χ1v) is 4.76. The second-order valence-corrected chi connectivity index (χ2v) is 3.44. The lowest BCUT2D eigenvalue weighted by Gasteiger charge is -2.29. The summed E-state index contributed by atoms with van der Waals surface area (Å²) in [7, 11) is 0. The van der Waals surface area contributed by atoms with Crippen LogP contribution in [0.3, 0.4) is 0 Å². The second-order valence-electron chi connectivity index (χ2n) is 3.44. The van der Waals surface area contributed by atoms with E-state index in [9.17, 15) is 10.2 Å². The molecule has 0 aromatic heterocycles. The van der Waals surface area contributed by atoms with Gasteiger partial charge >= 0.3 is 0 Å². The highest BCUT2D eigenvalue weighted by Gasteiger charge is 2.29. The summed E-state index contributed by atoms with van der Waals surface area (Å²) in [6.45, 7) is 7.28. The number of unbranched alkanes of at least 4 members (excludes halogenated alkanes) is 2. The molecule has 0 aromatic carbocycles. The van der Waals surface area contributed by atoms with Gasteiger partial charge in [-0.1, -0.05) is 33.1 Å². The summed E-state index contributed by atoms with van der Waals surface area (Å²) >= 11 is 0. The van der Waals surface area contributed by atoms with E-state index in [-0.39, 0.29) is 0 Å². The molecule has 2 atom stereocenters. The smallest absolute Gasteiger partial charge is 0.0900 e. The van der Waals surface area contributed by atoms with Crippen LogP contribution in [0.15, 0.2) is 0 Å². The molecule has 73 valence electrons. The largest absolute Gasteiger partial charge is 0.390 e. The van der Waals surface area contributed by atoms with Crippen molar-refractivity contribution in [2.75, 3.05) is 0 Å². The molecule has 0 bridgehead atoms. The maximum absolute atomic E-state index is 9.85. The minimum Gasteiger partial charge on any atom is -0.390 e. The lowest BCUT2D eigenvalue weighted by atomic mass is 9.88. The van der Waals surface area contributed by atoms with Gasteiger partial charge in [0, 0.05) is 0 Å². The predicted molar refractivity (Wildman–Crippen MR) is 50.7 cm³/mol. The van der Waals surface area contributed by atoms with Gasteiger partial charge in [0.15, 0.2) is 0 Å². The molecule has 0 amide bonds. The third-order valence-electron chi connectivity index (χ3n) is 2.50. The molecule has 0 spiro atoms. The van der Waals surface area contributed by atoms with E-state index >= 15 is 0 Å². The minimum absolute atomic E-state index is 0.613. The van der Waals surface area contributed by atoms with Crippen LogP contribution in [0.1, 0.15) is 46.0 Å². The molecule has 0 saturated carbocycles. The maximum atomic E-state index is 9.85. The Morgan fingerprint density at radius 1 is 1.42 bits per heavy atom. The normalized spacial score (nSPS) is 18.8. The SMILES string of the molecule is [CH2]CCCCC(O)(CC)C(C)O. The highest BCUT2D eigenvalue weighted by atomic mass is 16.3. The van der Waals surface area contributed by atoms with Crippen molar-refractivity contribution in [3.63, 3.8) is 0 Å². The van der Waals surface area contributed by atoms with E-state index in [2.05, 4.69) is 6.92 Å². The number of hydrogen-bond acceptors (Lipinski definition) is 2. The first-order valence-electron chi connectivity index (χ1n) is 4.76. The maximum Gasteiger partial charge on any atom is 0.0900 e. The van der Waals surface area contributed by atoms with Gasteiger partial charge in [-0.2, -0.15) is 0 Å².